The van der Waals surface area contributed by atoms with Gasteiger partial charge >= 0.3 is 0 Å². The number of nitrogens with one attached hydrogen (secondary N) is 1. The van der Waals surface area contributed by atoms with Crippen molar-refractivity contribution in [3.05, 3.63) is 54.1 Å². The molecule has 2 aromatic rings. The lowest BCUT2D eigenvalue weighted by atomic mass is 10.2. The van der Waals surface area contributed by atoms with Gasteiger partial charge in [0.15, 0.2) is 11.5 Å². The topological polar surface area (TPSA) is 56.8 Å². The van der Waals surface area contributed by atoms with Gasteiger partial charge < -0.3 is 19.5 Å². The molecule has 0 heterocycles. The van der Waals surface area contributed by atoms with E-state index in [-0.39, 0.29) is 12.0 Å². The van der Waals surface area contributed by atoms with Crippen molar-refractivity contribution in [2.75, 3.05) is 19.0 Å². The summed E-state index contributed by atoms with van der Waals surface area (Å²) in [5, 5.41) is 2.82. The second-order valence-corrected chi connectivity index (χ2v) is 5.83. The number of carbonyl (C=O) groups excluding carboxylic acids is 1. The molecule has 1 amide bonds. The SMILES string of the molecule is CCOc1ccccc1NC(=O)C=Cc1ccc(OC(C)C)c(OC)c1. The molecule has 2 aromatic carbocycles. The van der Waals surface area contributed by atoms with Gasteiger partial charge in [0.1, 0.15) is 5.75 Å². The van der Waals surface area contributed by atoms with Crippen LogP contribution >= 0.6 is 0 Å². The molecule has 0 unspecified atom stereocenters. The highest BCUT2D eigenvalue weighted by atomic mass is 16.5. The summed E-state index contributed by atoms with van der Waals surface area (Å²) in [6.07, 6.45) is 3.25. The van der Waals surface area contributed by atoms with Crippen molar-refractivity contribution in [1.82, 2.24) is 0 Å². The Hall–Kier alpha value is -2.95. The van der Waals surface area contributed by atoms with Crippen molar-refractivity contribution in [1.29, 1.82) is 0 Å². The lowest BCUT2D eigenvalue weighted by Gasteiger charge is -2.13. The van der Waals surface area contributed by atoms with Gasteiger partial charge in [-0.25, -0.2) is 0 Å². The number of para-hydroxylation sites is 2. The van der Waals surface area contributed by atoms with Gasteiger partial charge in [0.25, 0.3) is 0 Å². The monoisotopic (exact) mass is 355 g/mol. The van der Waals surface area contributed by atoms with E-state index in [1.807, 2.05) is 57.2 Å². The van der Waals surface area contributed by atoms with Crippen molar-refractivity contribution in [2.24, 2.45) is 0 Å². The second-order valence-electron chi connectivity index (χ2n) is 5.83. The fourth-order valence-electron chi connectivity index (χ4n) is 2.34. The number of rotatable bonds is 8. The van der Waals surface area contributed by atoms with Crippen molar-refractivity contribution in [3.8, 4) is 17.2 Å². The summed E-state index contributed by atoms with van der Waals surface area (Å²) in [5.41, 5.74) is 1.48. The first-order valence-corrected chi connectivity index (χ1v) is 8.59. The number of anilines is 1. The van der Waals surface area contributed by atoms with E-state index < -0.39 is 0 Å². The van der Waals surface area contributed by atoms with Crippen LogP contribution in [0.25, 0.3) is 6.08 Å². The van der Waals surface area contributed by atoms with Crippen molar-refractivity contribution >= 4 is 17.7 Å². The molecule has 1 N–H and O–H groups in total. The zero-order valence-electron chi connectivity index (χ0n) is 15.6. The Bertz CT molecular complexity index is 768. The van der Waals surface area contributed by atoms with Crippen molar-refractivity contribution in [2.45, 2.75) is 26.9 Å². The summed E-state index contributed by atoms with van der Waals surface area (Å²) < 4.78 is 16.6. The Kier molecular flexibility index (Phi) is 7.09. The van der Waals surface area contributed by atoms with Crippen molar-refractivity contribution in [3.63, 3.8) is 0 Å². The van der Waals surface area contributed by atoms with E-state index in [1.54, 1.807) is 19.3 Å². The molecular formula is C21H25NO4. The van der Waals surface area contributed by atoms with Crippen LogP contribution in [0.2, 0.25) is 0 Å². The van der Waals surface area contributed by atoms with Gasteiger partial charge in [-0.05, 0) is 56.7 Å². The van der Waals surface area contributed by atoms with Gasteiger partial charge in [-0.1, -0.05) is 18.2 Å². The fraction of sp³-hybridized carbons (Fsp3) is 0.286. The molecule has 2 rings (SSSR count). The highest BCUT2D eigenvalue weighted by molar-refractivity contribution is 6.02. The highest BCUT2D eigenvalue weighted by Gasteiger charge is 2.07. The molecule has 0 saturated carbocycles. The minimum absolute atomic E-state index is 0.0569. The largest absolute Gasteiger partial charge is 0.493 e. The number of hydrogen-bond acceptors (Lipinski definition) is 4. The summed E-state index contributed by atoms with van der Waals surface area (Å²) in [6, 6.07) is 12.9. The first-order valence-electron chi connectivity index (χ1n) is 8.59. The molecule has 0 aliphatic carbocycles. The third kappa shape index (κ3) is 5.55. The molecule has 0 spiro atoms. The molecule has 0 saturated heterocycles. The van der Waals surface area contributed by atoms with Crippen LogP contribution in [0.3, 0.4) is 0 Å². The number of amides is 1. The Morgan fingerprint density at radius 1 is 1.12 bits per heavy atom. The normalized spacial score (nSPS) is 10.8. The molecule has 0 bridgehead atoms. The molecular weight excluding hydrogens is 330 g/mol. The summed E-state index contributed by atoms with van der Waals surface area (Å²) in [6.45, 7) is 6.35. The molecule has 0 aliphatic heterocycles. The molecule has 0 aromatic heterocycles. The summed E-state index contributed by atoms with van der Waals surface area (Å²) >= 11 is 0. The third-order valence-corrected chi connectivity index (χ3v) is 3.42. The molecule has 0 fully saturated rings. The first kappa shape index (κ1) is 19.4. The van der Waals surface area contributed by atoms with Gasteiger partial charge in [0, 0.05) is 6.08 Å². The molecule has 0 atom stereocenters. The van der Waals surface area contributed by atoms with Crippen LogP contribution < -0.4 is 19.5 Å². The zero-order valence-corrected chi connectivity index (χ0v) is 15.6. The number of ether oxygens (including phenoxy) is 3. The fourth-order valence-corrected chi connectivity index (χ4v) is 2.34. The molecule has 0 radical (unpaired) electrons. The number of hydrogen-bond donors (Lipinski definition) is 1. The van der Waals surface area contributed by atoms with E-state index in [1.165, 1.54) is 6.08 Å². The molecule has 26 heavy (non-hydrogen) atoms. The van der Waals surface area contributed by atoms with Gasteiger partial charge in [0.2, 0.25) is 5.91 Å². The van der Waals surface area contributed by atoms with Gasteiger partial charge in [0.05, 0.1) is 25.5 Å². The lowest BCUT2D eigenvalue weighted by molar-refractivity contribution is -0.111. The van der Waals surface area contributed by atoms with E-state index in [4.69, 9.17) is 14.2 Å². The smallest absolute Gasteiger partial charge is 0.248 e. The van der Waals surface area contributed by atoms with E-state index in [9.17, 15) is 4.79 Å². The quantitative estimate of drug-likeness (QED) is 0.707. The Morgan fingerprint density at radius 2 is 1.88 bits per heavy atom. The van der Waals surface area contributed by atoms with E-state index in [2.05, 4.69) is 5.32 Å². The minimum Gasteiger partial charge on any atom is -0.493 e. The van der Waals surface area contributed by atoms with Gasteiger partial charge in [-0.15, -0.1) is 0 Å². The Labute approximate surface area is 154 Å². The maximum absolute atomic E-state index is 12.2. The second kappa shape index (κ2) is 9.51. The van der Waals surface area contributed by atoms with Gasteiger partial charge in [-0.2, -0.15) is 0 Å². The van der Waals surface area contributed by atoms with Crippen LogP contribution in [0, 0.1) is 0 Å². The molecule has 5 heteroatoms. The summed E-state index contributed by atoms with van der Waals surface area (Å²) in [5.74, 6) is 1.71. The number of methoxy groups -OCH3 is 1. The first-order chi connectivity index (χ1) is 12.5. The maximum atomic E-state index is 12.2. The molecule has 0 aliphatic rings. The van der Waals surface area contributed by atoms with Crippen LogP contribution in [-0.4, -0.2) is 25.7 Å². The molecule has 138 valence electrons. The summed E-state index contributed by atoms with van der Waals surface area (Å²) in [4.78, 5) is 12.2. The maximum Gasteiger partial charge on any atom is 0.248 e. The average molecular weight is 355 g/mol. The van der Waals surface area contributed by atoms with Crippen LogP contribution in [0.1, 0.15) is 26.3 Å². The van der Waals surface area contributed by atoms with Crippen LogP contribution in [0.4, 0.5) is 5.69 Å². The van der Waals surface area contributed by atoms with Crippen LogP contribution in [0.5, 0.6) is 17.2 Å². The Balaban J connectivity index is 2.08. The van der Waals surface area contributed by atoms with E-state index in [0.717, 1.165) is 5.56 Å². The van der Waals surface area contributed by atoms with Crippen molar-refractivity contribution < 1.29 is 19.0 Å². The summed E-state index contributed by atoms with van der Waals surface area (Å²) in [7, 11) is 1.59. The predicted molar refractivity (Wildman–Crippen MR) is 104 cm³/mol. The van der Waals surface area contributed by atoms with E-state index in [0.29, 0.717) is 29.5 Å². The van der Waals surface area contributed by atoms with Gasteiger partial charge in [-0.3, -0.25) is 4.79 Å². The Morgan fingerprint density at radius 3 is 2.58 bits per heavy atom. The minimum atomic E-state index is -0.237. The number of carbonyl (C=O) groups is 1. The zero-order chi connectivity index (χ0) is 18.9. The van der Waals surface area contributed by atoms with Crippen LogP contribution in [-0.2, 0) is 4.79 Å². The average Bonchev–Trinajstić information content (AvgIpc) is 2.62. The van der Waals surface area contributed by atoms with Crippen LogP contribution in [0.15, 0.2) is 48.5 Å². The highest BCUT2D eigenvalue weighted by Crippen LogP contribution is 2.29. The molecule has 5 nitrogen and oxygen atoms in total. The third-order valence-electron chi connectivity index (χ3n) is 3.42. The standard InChI is InChI=1S/C21H25NO4/c1-5-25-18-9-7-6-8-17(18)22-21(23)13-11-16-10-12-19(26-15(2)3)20(14-16)24-4/h6-15H,5H2,1-4H3,(H,22,23). The predicted octanol–water partition coefficient (Wildman–Crippen LogP) is 4.53. The number of benzene rings is 2. The lowest BCUT2D eigenvalue weighted by Crippen LogP contribution is -2.09. The van der Waals surface area contributed by atoms with E-state index >= 15 is 0 Å².